The monoisotopic (exact) mass is 479 g/mol. The van der Waals surface area contributed by atoms with E-state index in [1.54, 1.807) is 42.5 Å². The van der Waals surface area contributed by atoms with Gasteiger partial charge in [-0.15, -0.1) is 0 Å². The lowest BCUT2D eigenvalue weighted by Crippen LogP contribution is -2.34. The van der Waals surface area contributed by atoms with Gasteiger partial charge >= 0.3 is 0 Å². The van der Waals surface area contributed by atoms with E-state index in [2.05, 4.69) is 16.0 Å². The molecule has 0 aliphatic carbocycles. The van der Waals surface area contributed by atoms with Crippen LogP contribution in [-0.4, -0.2) is 24.0 Å². The molecule has 1 heterocycles. The third kappa shape index (κ3) is 5.14. The van der Waals surface area contributed by atoms with Gasteiger partial charge in [0.2, 0.25) is 0 Å². The van der Waals surface area contributed by atoms with Gasteiger partial charge in [-0.2, -0.15) is 0 Å². The van der Waals surface area contributed by atoms with Crippen molar-refractivity contribution in [2.24, 2.45) is 0 Å². The Morgan fingerprint density at radius 3 is 2.36 bits per heavy atom. The maximum atomic E-state index is 12.8. The Labute approximate surface area is 199 Å². The zero-order valence-corrected chi connectivity index (χ0v) is 18.9. The molecule has 166 valence electrons. The lowest BCUT2D eigenvalue weighted by atomic mass is 10.1. The van der Waals surface area contributed by atoms with Crippen LogP contribution in [-0.2, 0) is 0 Å². The zero-order valence-electron chi connectivity index (χ0n) is 17.3. The molecule has 0 radical (unpaired) electrons. The van der Waals surface area contributed by atoms with Gasteiger partial charge in [-0.05, 0) is 65.5 Å². The highest BCUT2D eigenvalue weighted by atomic mass is 35.5. The van der Waals surface area contributed by atoms with Crippen molar-refractivity contribution in [3.63, 3.8) is 0 Å². The first kappa shape index (κ1) is 22.3. The van der Waals surface area contributed by atoms with Crippen molar-refractivity contribution in [3.8, 4) is 5.75 Å². The van der Waals surface area contributed by atoms with Crippen LogP contribution >= 0.6 is 23.8 Å². The largest absolute Gasteiger partial charge is 0.496 e. The molecule has 4 rings (SSSR count). The fraction of sp³-hybridized carbons (Fsp3) is 0.0417. The fourth-order valence-corrected chi connectivity index (χ4v) is 3.62. The first-order valence-electron chi connectivity index (χ1n) is 9.78. The first-order chi connectivity index (χ1) is 15.9. The van der Waals surface area contributed by atoms with E-state index in [9.17, 15) is 9.59 Å². The van der Waals surface area contributed by atoms with E-state index in [1.165, 1.54) is 13.4 Å². The Morgan fingerprint density at radius 1 is 0.939 bits per heavy atom. The molecule has 3 aromatic carbocycles. The maximum absolute atomic E-state index is 12.8. The number of carbonyl (C=O) groups excluding carboxylic acids is 2. The highest BCUT2D eigenvalue weighted by Gasteiger charge is 2.16. The quantitative estimate of drug-likeness (QED) is 0.328. The molecule has 3 N–H and O–H groups in total. The normalized spacial score (nSPS) is 10.5. The molecule has 7 nitrogen and oxygen atoms in total. The number of hydrogen-bond donors (Lipinski definition) is 3. The molecular weight excluding hydrogens is 462 g/mol. The van der Waals surface area contributed by atoms with E-state index in [0.717, 1.165) is 10.8 Å². The SMILES string of the molecule is COc1cc2ccccc2cc1C(=O)NC(=S)Nc1ccc(NC(=O)c2ccco2)c(Cl)c1. The topological polar surface area (TPSA) is 92.6 Å². The van der Waals surface area contributed by atoms with E-state index in [1.807, 2.05) is 24.3 Å². The molecule has 0 aliphatic heterocycles. The van der Waals surface area contributed by atoms with Crippen LogP contribution in [0, 0.1) is 0 Å². The number of thiocarbonyl (C=S) groups is 1. The van der Waals surface area contributed by atoms with Crippen LogP contribution in [0.5, 0.6) is 5.75 Å². The Kier molecular flexibility index (Phi) is 6.58. The molecule has 33 heavy (non-hydrogen) atoms. The average Bonchev–Trinajstić information content (AvgIpc) is 3.35. The minimum atomic E-state index is -0.422. The summed E-state index contributed by atoms with van der Waals surface area (Å²) in [6, 6.07) is 19.2. The summed E-state index contributed by atoms with van der Waals surface area (Å²) in [5.41, 5.74) is 1.29. The van der Waals surface area contributed by atoms with E-state index in [0.29, 0.717) is 22.7 Å². The van der Waals surface area contributed by atoms with E-state index >= 15 is 0 Å². The number of amides is 2. The number of carbonyl (C=O) groups is 2. The molecule has 9 heteroatoms. The number of hydrogen-bond acceptors (Lipinski definition) is 5. The summed E-state index contributed by atoms with van der Waals surface area (Å²) < 4.78 is 10.4. The summed E-state index contributed by atoms with van der Waals surface area (Å²) in [4.78, 5) is 24.9. The van der Waals surface area contributed by atoms with Gasteiger partial charge in [0.15, 0.2) is 10.9 Å². The second-order valence-corrected chi connectivity index (χ2v) is 7.75. The van der Waals surface area contributed by atoms with Gasteiger partial charge in [-0.25, -0.2) is 0 Å². The average molecular weight is 480 g/mol. The molecule has 0 spiro atoms. The first-order valence-corrected chi connectivity index (χ1v) is 10.6. The highest BCUT2D eigenvalue weighted by Crippen LogP contribution is 2.27. The summed E-state index contributed by atoms with van der Waals surface area (Å²) in [5, 5.41) is 10.4. The second kappa shape index (κ2) is 9.72. The van der Waals surface area contributed by atoms with E-state index < -0.39 is 11.8 Å². The number of benzene rings is 3. The van der Waals surface area contributed by atoms with Gasteiger partial charge in [0, 0.05) is 5.69 Å². The molecule has 0 saturated carbocycles. The van der Waals surface area contributed by atoms with Crippen molar-refractivity contribution < 1.29 is 18.7 Å². The highest BCUT2D eigenvalue weighted by molar-refractivity contribution is 7.80. The minimum absolute atomic E-state index is 0.0821. The van der Waals surface area contributed by atoms with Crippen molar-refractivity contribution in [2.45, 2.75) is 0 Å². The molecule has 4 aromatic rings. The number of fused-ring (bicyclic) bond motifs is 1. The van der Waals surface area contributed by atoms with Crippen molar-refractivity contribution in [1.29, 1.82) is 0 Å². The standard InChI is InChI=1S/C24H18ClN3O4S/c1-31-21-12-15-6-3-2-5-14(15)11-17(21)22(29)28-24(33)26-16-8-9-19(18(25)13-16)27-23(30)20-7-4-10-32-20/h2-13H,1H3,(H,27,30)(H2,26,28,29,33). The van der Waals surface area contributed by atoms with E-state index in [-0.39, 0.29) is 15.9 Å². The van der Waals surface area contributed by atoms with Gasteiger partial charge in [0.05, 0.1) is 29.6 Å². The van der Waals surface area contributed by atoms with Gasteiger partial charge in [0.25, 0.3) is 11.8 Å². The summed E-state index contributed by atoms with van der Waals surface area (Å²) in [5.74, 6) is -0.228. The molecule has 1 aromatic heterocycles. The van der Waals surface area contributed by atoms with Crippen LogP contribution < -0.4 is 20.7 Å². The van der Waals surface area contributed by atoms with Crippen LogP contribution in [0.15, 0.2) is 77.4 Å². The smallest absolute Gasteiger partial charge is 0.291 e. The summed E-state index contributed by atoms with van der Waals surface area (Å²) >= 11 is 11.6. The lowest BCUT2D eigenvalue weighted by Gasteiger charge is -2.14. The van der Waals surface area contributed by atoms with Gasteiger partial charge in [-0.1, -0.05) is 35.9 Å². The van der Waals surface area contributed by atoms with Crippen LogP contribution in [0.1, 0.15) is 20.9 Å². The van der Waals surface area contributed by atoms with Crippen molar-refractivity contribution in [1.82, 2.24) is 5.32 Å². The minimum Gasteiger partial charge on any atom is -0.496 e. The zero-order chi connectivity index (χ0) is 23.4. The molecule has 0 atom stereocenters. The van der Waals surface area contributed by atoms with Crippen molar-refractivity contribution in [2.75, 3.05) is 17.7 Å². The number of halogens is 1. The Morgan fingerprint density at radius 2 is 1.70 bits per heavy atom. The van der Waals surface area contributed by atoms with Crippen molar-refractivity contribution >= 4 is 62.9 Å². The van der Waals surface area contributed by atoms with Crippen LogP contribution in [0.25, 0.3) is 10.8 Å². The Balaban J connectivity index is 1.43. The number of methoxy groups -OCH3 is 1. The third-order valence-corrected chi connectivity index (χ3v) is 5.28. The number of furan rings is 1. The molecule has 0 aliphatic rings. The molecular formula is C24H18ClN3O4S. The van der Waals surface area contributed by atoms with Gasteiger partial charge < -0.3 is 19.8 Å². The van der Waals surface area contributed by atoms with Crippen molar-refractivity contribution in [3.05, 3.63) is 89.3 Å². The summed E-state index contributed by atoms with van der Waals surface area (Å²) in [7, 11) is 1.51. The Hall–Kier alpha value is -3.88. The molecule has 0 bridgehead atoms. The maximum Gasteiger partial charge on any atom is 0.291 e. The number of nitrogens with one attached hydrogen (secondary N) is 3. The second-order valence-electron chi connectivity index (χ2n) is 6.93. The van der Waals surface area contributed by atoms with Gasteiger partial charge in [-0.3, -0.25) is 14.9 Å². The molecule has 0 fully saturated rings. The summed E-state index contributed by atoms with van der Waals surface area (Å²) in [6.07, 6.45) is 1.41. The fourth-order valence-electron chi connectivity index (χ4n) is 3.18. The molecule has 0 saturated heterocycles. The Bertz CT molecular complexity index is 1360. The van der Waals surface area contributed by atoms with Crippen LogP contribution in [0.4, 0.5) is 11.4 Å². The summed E-state index contributed by atoms with van der Waals surface area (Å²) in [6.45, 7) is 0. The van der Waals surface area contributed by atoms with E-state index in [4.69, 9.17) is 33.0 Å². The predicted octanol–water partition coefficient (Wildman–Crippen LogP) is 5.47. The van der Waals surface area contributed by atoms with Gasteiger partial charge in [0.1, 0.15) is 5.75 Å². The third-order valence-electron chi connectivity index (χ3n) is 4.76. The van der Waals surface area contributed by atoms with Crippen LogP contribution in [0.2, 0.25) is 5.02 Å². The van der Waals surface area contributed by atoms with Crippen LogP contribution in [0.3, 0.4) is 0 Å². The molecule has 0 unspecified atom stereocenters. The number of rotatable bonds is 5. The number of ether oxygens (including phenoxy) is 1. The lowest BCUT2D eigenvalue weighted by molar-refractivity contribution is 0.0972. The predicted molar refractivity (Wildman–Crippen MR) is 132 cm³/mol. The molecule has 2 amide bonds. The number of anilines is 2.